The van der Waals surface area contributed by atoms with Crippen molar-refractivity contribution < 1.29 is 9.72 Å². The van der Waals surface area contributed by atoms with Gasteiger partial charge in [-0.05, 0) is 39.8 Å². The SMILES string of the molecule is Cc1nn(CC(=O)Nc2ccc([N+](=O)[O-])cc2)c(=O)c2c1cnn2C(C)(C)C. The molecule has 28 heavy (non-hydrogen) atoms. The normalized spacial score (nSPS) is 11.6. The summed E-state index contributed by atoms with van der Waals surface area (Å²) in [4.78, 5) is 35.4. The fourth-order valence-corrected chi connectivity index (χ4v) is 2.84. The molecule has 1 amide bonds. The molecule has 0 saturated carbocycles. The van der Waals surface area contributed by atoms with Gasteiger partial charge >= 0.3 is 0 Å². The van der Waals surface area contributed by atoms with Crippen molar-refractivity contribution in [3.63, 3.8) is 0 Å². The van der Waals surface area contributed by atoms with Gasteiger partial charge in [0, 0.05) is 23.2 Å². The van der Waals surface area contributed by atoms with Gasteiger partial charge in [-0.3, -0.25) is 24.4 Å². The molecule has 0 aliphatic heterocycles. The number of non-ortho nitro benzene ring substituents is 1. The van der Waals surface area contributed by atoms with Gasteiger partial charge in [0.05, 0.1) is 22.4 Å². The summed E-state index contributed by atoms with van der Waals surface area (Å²) < 4.78 is 2.73. The molecule has 2 aromatic heterocycles. The summed E-state index contributed by atoms with van der Waals surface area (Å²) in [5, 5.41) is 22.5. The number of anilines is 1. The minimum atomic E-state index is -0.522. The van der Waals surface area contributed by atoms with Crippen molar-refractivity contribution in [2.24, 2.45) is 0 Å². The van der Waals surface area contributed by atoms with Crippen LogP contribution in [0, 0.1) is 17.0 Å². The maximum Gasteiger partial charge on any atom is 0.293 e. The highest BCUT2D eigenvalue weighted by molar-refractivity contribution is 5.90. The van der Waals surface area contributed by atoms with E-state index in [1.807, 2.05) is 20.8 Å². The standard InChI is InChI=1S/C18H20N6O4/c1-11-14-9-19-23(18(2,3)4)16(14)17(26)22(21-11)10-15(25)20-12-5-7-13(8-6-12)24(27)28/h5-9H,10H2,1-4H3,(H,20,25). The Labute approximate surface area is 159 Å². The number of amides is 1. The van der Waals surface area contributed by atoms with Crippen LogP contribution in [0.3, 0.4) is 0 Å². The summed E-state index contributed by atoms with van der Waals surface area (Å²) in [5.41, 5.74) is 0.477. The Hall–Kier alpha value is -3.56. The zero-order chi connectivity index (χ0) is 20.6. The summed E-state index contributed by atoms with van der Waals surface area (Å²) in [5.74, 6) is -0.468. The molecule has 10 heteroatoms. The molecular formula is C18H20N6O4. The van der Waals surface area contributed by atoms with Gasteiger partial charge in [0.2, 0.25) is 5.91 Å². The predicted octanol–water partition coefficient (Wildman–Crippen LogP) is 2.20. The summed E-state index contributed by atoms with van der Waals surface area (Å²) >= 11 is 0. The van der Waals surface area contributed by atoms with Crippen LogP contribution in [-0.4, -0.2) is 30.4 Å². The molecule has 0 aliphatic carbocycles. The van der Waals surface area contributed by atoms with E-state index in [2.05, 4.69) is 15.5 Å². The number of aromatic nitrogens is 4. The maximum absolute atomic E-state index is 12.9. The van der Waals surface area contributed by atoms with E-state index >= 15 is 0 Å². The van der Waals surface area contributed by atoms with Gasteiger partial charge in [0.25, 0.3) is 11.2 Å². The van der Waals surface area contributed by atoms with E-state index in [1.54, 1.807) is 17.8 Å². The number of hydrogen-bond acceptors (Lipinski definition) is 6. The van der Waals surface area contributed by atoms with E-state index in [1.165, 1.54) is 24.3 Å². The molecule has 0 aliphatic rings. The molecule has 2 heterocycles. The van der Waals surface area contributed by atoms with E-state index in [9.17, 15) is 19.7 Å². The smallest absolute Gasteiger partial charge is 0.293 e. The molecule has 1 N–H and O–H groups in total. The van der Waals surface area contributed by atoms with Crippen LogP contribution < -0.4 is 10.9 Å². The van der Waals surface area contributed by atoms with Gasteiger partial charge in [-0.25, -0.2) is 4.68 Å². The second kappa shape index (κ2) is 6.87. The fourth-order valence-electron chi connectivity index (χ4n) is 2.84. The molecule has 10 nitrogen and oxygen atoms in total. The number of carbonyl (C=O) groups is 1. The van der Waals surface area contributed by atoms with Crippen LogP contribution >= 0.6 is 0 Å². The number of fused-ring (bicyclic) bond motifs is 1. The molecule has 0 atom stereocenters. The van der Waals surface area contributed by atoms with Crippen LogP contribution in [0.1, 0.15) is 26.5 Å². The summed E-state index contributed by atoms with van der Waals surface area (Å²) in [6, 6.07) is 5.43. The third-order valence-electron chi connectivity index (χ3n) is 4.16. The molecule has 0 fully saturated rings. The van der Waals surface area contributed by atoms with E-state index in [0.29, 0.717) is 22.3 Å². The lowest BCUT2D eigenvalue weighted by Gasteiger charge is -2.20. The number of rotatable bonds is 4. The first-order valence-corrected chi connectivity index (χ1v) is 8.58. The van der Waals surface area contributed by atoms with Crippen molar-refractivity contribution in [1.29, 1.82) is 0 Å². The lowest BCUT2D eigenvalue weighted by molar-refractivity contribution is -0.384. The minimum Gasteiger partial charge on any atom is -0.324 e. The molecule has 0 unspecified atom stereocenters. The van der Waals surface area contributed by atoms with E-state index in [0.717, 1.165) is 4.68 Å². The maximum atomic E-state index is 12.9. The summed E-state index contributed by atoms with van der Waals surface area (Å²) in [6.45, 7) is 7.25. The number of nitro groups is 1. The monoisotopic (exact) mass is 384 g/mol. The second-order valence-electron chi connectivity index (χ2n) is 7.39. The number of carbonyl (C=O) groups excluding carboxylic acids is 1. The molecule has 1 aromatic carbocycles. The van der Waals surface area contributed by atoms with Crippen LogP contribution in [0.15, 0.2) is 35.3 Å². The Morgan fingerprint density at radius 1 is 1.25 bits per heavy atom. The van der Waals surface area contributed by atoms with Gasteiger partial charge in [-0.15, -0.1) is 0 Å². The minimum absolute atomic E-state index is 0.0765. The number of aryl methyl sites for hydroxylation is 1. The van der Waals surface area contributed by atoms with Crippen LogP contribution in [0.2, 0.25) is 0 Å². The lowest BCUT2D eigenvalue weighted by Crippen LogP contribution is -2.33. The van der Waals surface area contributed by atoms with Crippen molar-refractivity contribution >= 4 is 28.2 Å². The van der Waals surface area contributed by atoms with Crippen LogP contribution in [0.25, 0.3) is 10.9 Å². The highest BCUT2D eigenvalue weighted by Gasteiger charge is 2.22. The van der Waals surface area contributed by atoms with Gasteiger partial charge in [0.15, 0.2) is 0 Å². The third-order valence-corrected chi connectivity index (χ3v) is 4.16. The van der Waals surface area contributed by atoms with Crippen molar-refractivity contribution in [2.45, 2.75) is 39.8 Å². The number of hydrogen-bond donors (Lipinski definition) is 1. The van der Waals surface area contributed by atoms with E-state index in [-0.39, 0.29) is 12.2 Å². The van der Waals surface area contributed by atoms with Gasteiger partial charge < -0.3 is 5.32 Å². The zero-order valence-electron chi connectivity index (χ0n) is 16.0. The topological polar surface area (TPSA) is 125 Å². The first kappa shape index (κ1) is 19.2. The number of nitrogens with one attached hydrogen (secondary N) is 1. The van der Waals surface area contributed by atoms with Crippen LogP contribution in [0.5, 0.6) is 0 Å². The molecule has 0 saturated heterocycles. The zero-order valence-corrected chi connectivity index (χ0v) is 16.0. The third kappa shape index (κ3) is 3.61. The van der Waals surface area contributed by atoms with Gasteiger partial charge in [-0.1, -0.05) is 0 Å². The molecular weight excluding hydrogens is 364 g/mol. The van der Waals surface area contributed by atoms with Crippen LogP contribution in [0.4, 0.5) is 11.4 Å². The number of benzene rings is 1. The Balaban J connectivity index is 1.89. The van der Waals surface area contributed by atoms with Gasteiger partial charge in [-0.2, -0.15) is 10.2 Å². The van der Waals surface area contributed by atoms with E-state index < -0.39 is 21.9 Å². The van der Waals surface area contributed by atoms with Crippen molar-refractivity contribution in [3.8, 4) is 0 Å². The Morgan fingerprint density at radius 2 is 1.89 bits per heavy atom. The highest BCUT2D eigenvalue weighted by atomic mass is 16.6. The largest absolute Gasteiger partial charge is 0.324 e. The molecule has 146 valence electrons. The first-order valence-electron chi connectivity index (χ1n) is 8.58. The highest BCUT2D eigenvalue weighted by Crippen LogP contribution is 2.20. The Morgan fingerprint density at radius 3 is 2.46 bits per heavy atom. The molecule has 3 rings (SSSR count). The molecule has 0 bridgehead atoms. The number of nitrogens with zero attached hydrogens (tertiary/aromatic N) is 5. The second-order valence-corrected chi connectivity index (χ2v) is 7.39. The average Bonchev–Trinajstić information content (AvgIpc) is 3.06. The Bertz CT molecular complexity index is 1120. The first-order chi connectivity index (χ1) is 13.1. The summed E-state index contributed by atoms with van der Waals surface area (Å²) in [7, 11) is 0. The average molecular weight is 384 g/mol. The molecule has 0 spiro atoms. The predicted molar refractivity (Wildman–Crippen MR) is 103 cm³/mol. The van der Waals surface area contributed by atoms with Crippen molar-refractivity contribution in [2.75, 3.05) is 5.32 Å². The number of nitro benzene ring substituents is 1. The molecule has 3 aromatic rings. The molecule has 0 radical (unpaired) electrons. The fraction of sp³-hybridized carbons (Fsp3) is 0.333. The van der Waals surface area contributed by atoms with E-state index in [4.69, 9.17) is 0 Å². The summed E-state index contributed by atoms with van der Waals surface area (Å²) in [6.07, 6.45) is 1.60. The Kier molecular flexibility index (Phi) is 4.72. The van der Waals surface area contributed by atoms with Crippen LogP contribution in [-0.2, 0) is 16.9 Å². The quantitative estimate of drug-likeness (QED) is 0.543. The van der Waals surface area contributed by atoms with Gasteiger partial charge in [0.1, 0.15) is 12.1 Å². The lowest BCUT2D eigenvalue weighted by atomic mass is 10.1. The van der Waals surface area contributed by atoms with Crippen molar-refractivity contribution in [3.05, 3.63) is 56.6 Å². The van der Waals surface area contributed by atoms with Crippen molar-refractivity contribution in [1.82, 2.24) is 19.6 Å².